The molecule has 1 atom stereocenters. The van der Waals surface area contributed by atoms with Gasteiger partial charge in [-0.15, -0.1) is 0 Å². The molecule has 0 radical (unpaired) electrons. The van der Waals surface area contributed by atoms with Gasteiger partial charge in [-0.25, -0.2) is 0 Å². The van der Waals surface area contributed by atoms with Crippen LogP contribution in [0.1, 0.15) is 41.4 Å². The molecule has 122 valence electrons. The van der Waals surface area contributed by atoms with Gasteiger partial charge in [0.1, 0.15) is 5.75 Å². The number of benzene rings is 2. The summed E-state index contributed by atoms with van der Waals surface area (Å²) in [6, 6.07) is 15.6. The normalized spacial score (nSPS) is 11.2. The number of nitriles is 1. The van der Waals surface area contributed by atoms with Crippen molar-refractivity contribution in [3.8, 4) is 11.8 Å². The minimum Gasteiger partial charge on any atom is -0.484 e. The van der Waals surface area contributed by atoms with Gasteiger partial charge in [-0.1, -0.05) is 24.3 Å². The highest BCUT2D eigenvalue weighted by molar-refractivity contribution is 5.94. The van der Waals surface area contributed by atoms with Gasteiger partial charge in [-0.3, -0.25) is 9.59 Å². The minimum absolute atomic E-state index is 0.0562. The number of Topliss-reactive ketones (excluding diaryl/α,β-unsaturated/α-hetero) is 1. The summed E-state index contributed by atoms with van der Waals surface area (Å²) in [7, 11) is 0. The number of rotatable bonds is 6. The van der Waals surface area contributed by atoms with Crippen molar-refractivity contribution in [1.82, 2.24) is 5.32 Å². The van der Waals surface area contributed by atoms with Crippen LogP contribution in [0.15, 0.2) is 48.5 Å². The highest BCUT2D eigenvalue weighted by Gasteiger charge is 2.10. The highest BCUT2D eigenvalue weighted by atomic mass is 16.5. The van der Waals surface area contributed by atoms with E-state index in [4.69, 9.17) is 10.00 Å². The van der Waals surface area contributed by atoms with Gasteiger partial charge in [0.2, 0.25) is 0 Å². The van der Waals surface area contributed by atoms with Gasteiger partial charge in [-0.2, -0.15) is 5.26 Å². The second-order valence-corrected chi connectivity index (χ2v) is 5.40. The molecule has 1 N–H and O–H groups in total. The van der Waals surface area contributed by atoms with Crippen LogP contribution in [0, 0.1) is 11.3 Å². The van der Waals surface area contributed by atoms with E-state index >= 15 is 0 Å². The molecule has 0 aliphatic heterocycles. The molecule has 0 saturated heterocycles. The Balaban J connectivity index is 1.89. The maximum absolute atomic E-state index is 12.0. The van der Waals surface area contributed by atoms with Crippen molar-refractivity contribution in [3.05, 3.63) is 65.2 Å². The summed E-state index contributed by atoms with van der Waals surface area (Å²) in [6.07, 6.45) is 0. The third-order valence-corrected chi connectivity index (χ3v) is 3.53. The number of nitrogens with zero attached hydrogens (tertiary/aromatic N) is 1. The predicted molar refractivity (Wildman–Crippen MR) is 89.7 cm³/mol. The molecular formula is C19H18N2O3. The summed E-state index contributed by atoms with van der Waals surface area (Å²) >= 11 is 0. The largest absolute Gasteiger partial charge is 0.484 e. The van der Waals surface area contributed by atoms with E-state index in [0.717, 1.165) is 5.56 Å². The summed E-state index contributed by atoms with van der Waals surface area (Å²) in [5, 5.41) is 11.6. The second-order valence-electron chi connectivity index (χ2n) is 5.40. The van der Waals surface area contributed by atoms with Gasteiger partial charge in [0, 0.05) is 5.56 Å². The van der Waals surface area contributed by atoms with Crippen LogP contribution < -0.4 is 10.1 Å². The Bertz CT molecular complexity index is 776. The number of carbonyl (C=O) groups is 2. The van der Waals surface area contributed by atoms with E-state index in [1.807, 2.05) is 6.92 Å². The number of hydrogen-bond acceptors (Lipinski definition) is 4. The Morgan fingerprint density at radius 3 is 2.54 bits per heavy atom. The molecule has 0 aromatic heterocycles. The maximum atomic E-state index is 12.0. The third kappa shape index (κ3) is 4.68. The van der Waals surface area contributed by atoms with Gasteiger partial charge in [0.25, 0.3) is 5.91 Å². The lowest BCUT2D eigenvalue weighted by Crippen LogP contribution is -2.31. The van der Waals surface area contributed by atoms with E-state index < -0.39 is 0 Å². The Morgan fingerprint density at radius 1 is 1.21 bits per heavy atom. The number of ketones is 1. The van der Waals surface area contributed by atoms with Crippen LogP contribution in [-0.4, -0.2) is 18.3 Å². The van der Waals surface area contributed by atoms with Gasteiger partial charge in [0.15, 0.2) is 12.4 Å². The smallest absolute Gasteiger partial charge is 0.258 e. The first kappa shape index (κ1) is 17.2. The monoisotopic (exact) mass is 322 g/mol. The first-order valence-electron chi connectivity index (χ1n) is 7.53. The quantitative estimate of drug-likeness (QED) is 0.829. The zero-order valence-corrected chi connectivity index (χ0v) is 13.6. The Hall–Kier alpha value is -3.13. The van der Waals surface area contributed by atoms with E-state index in [1.54, 1.807) is 48.5 Å². The number of carbonyl (C=O) groups excluding carboxylic acids is 2. The molecule has 5 nitrogen and oxygen atoms in total. The third-order valence-electron chi connectivity index (χ3n) is 3.53. The molecule has 1 unspecified atom stereocenters. The van der Waals surface area contributed by atoms with E-state index in [-0.39, 0.29) is 24.3 Å². The summed E-state index contributed by atoms with van der Waals surface area (Å²) in [4.78, 5) is 23.3. The van der Waals surface area contributed by atoms with Crippen LogP contribution in [0.2, 0.25) is 0 Å². The Morgan fingerprint density at radius 2 is 1.92 bits per heavy atom. The van der Waals surface area contributed by atoms with E-state index in [1.165, 1.54) is 6.92 Å². The van der Waals surface area contributed by atoms with Gasteiger partial charge < -0.3 is 10.1 Å². The van der Waals surface area contributed by atoms with Crippen molar-refractivity contribution in [2.75, 3.05) is 6.61 Å². The Kier molecular flexibility index (Phi) is 5.69. The summed E-state index contributed by atoms with van der Waals surface area (Å²) in [5.74, 6) is 0.156. The fraction of sp³-hybridized carbons (Fsp3) is 0.211. The topological polar surface area (TPSA) is 79.2 Å². The van der Waals surface area contributed by atoms with Crippen LogP contribution in [-0.2, 0) is 4.79 Å². The number of hydrogen-bond donors (Lipinski definition) is 1. The summed E-state index contributed by atoms with van der Waals surface area (Å²) in [6.45, 7) is 3.20. The molecule has 2 rings (SSSR count). The summed E-state index contributed by atoms with van der Waals surface area (Å²) < 4.78 is 5.42. The van der Waals surface area contributed by atoms with Gasteiger partial charge >= 0.3 is 0 Å². The molecule has 1 amide bonds. The van der Waals surface area contributed by atoms with Crippen LogP contribution in [0.25, 0.3) is 0 Å². The van der Waals surface area contributed by atoms with Crippen molar-refractivity contribution in [1.29, 1.82) is 5.26 Å². The zero-order chi connectivity index (χ0) is 17.5. The Labute approximate surface area is 140 Å². The zero-order valence-electron chi connectivity index (χ0n) is 13.6. The van der Waals surface area contributed by atoms with E-state index in [9.17, 15) is 9.59 Å². The molecule has 0 aliphatic rings. The average Bonchev–Trinajstić information content (AvgIpc) is 2.60. The number of ether oxygens (including phenoxy) is 1. The molecule has 0 bridgehead atoms. The second kappa shape index (κ2) is 7.93. The molecule has 24 heavy (non-hydrogen) atoms. The standard InChI is InChI=1S/C19H18N2O3/c1-13(16-8-6-15(11-20)7-9-16)21-19(23)12-24-18-5-3-4-17(10-18)14(2)22/h3-10,13H,12H2,1-2H3,(H,21,23). The molecule has 2 aromatic rings. The number of amides is 1. The van der Waals surface area contributed by atoms with E-state index in [0.29, 0.717) is 16.9 Å². The SMILES string of the molecule is CC(=O)c1cccc(OCC(=O)NC(C)c2ccc(C#N)cc2)c1. The molecule has 0 heterocycles. The first-order chi connectivity index (χ1) is 11.5. The maximum Gasteiger partial charge on any atom is 0.258 e. The van der Waals surface area contributed by atoms with Crippen LogP contribution >= 0.6 is 0 Å². The molecule has 0 spiro atoms. The van der Waals surface area contributed by atoms with E-state index in [2.05, 4.69) is 11.4 Å². The lowest BCUT2D eigenvalue weighted by Gasteiger charge is -2.15. The summed E-state index contributed by atoms with van der Waals surface area (Å²) in [5.41, 5.74) is 2.02. The van der Waals surface area contributed by atoms with Crippen molar-refractivity contribution < 1.29 is 14.3 Å². The van der Waals surface area contributed by atoms with Crippen molar-refractivity contribution in [3.63, 3.8) is 0 Å². The molecule has 2 aromatic carbocycles. The highest BCUT2D eigenvalue weighted by Crippen LogP contribution is 2.15. The van der Waals surface area contributed by atoms with Crippen molar-refractivity contribution in [2.24, 2.45) is 0 Å². The molecule has 0 saturated carbocycles. The van der Waals surface area contributed by atoms with Crippen LogP contribution in [0.3, 0.4) is 0 Å². The van der Waals surface area contributed by atoms with Crippen molar-refractivity contribution in [2.45, 2.75) is 19.9 Å². The minimum atomic E-state index is -0.264. The molecule has 5 heteroatoms. The first-order valence-corrected chi connectivity index (χ1v) is 7.53. The fourth-order valence-corrected chi connectivity index (χ4v) is 2.17. The molecule has 0 fully saturated rings. The van der Waals surface area contributed by atoms with Crippen LogP contribution in [0.5, 0.6) is 5.75 Å². The fourth-order valence-electron chi connectivity index (χ4n) is 2.17. The molecular weight excluding hydrogens is 304 g/mol. The molecule has 0 aliphatic carbocycles. The predicted octanol–water partition coefficient (Wildman–Crippen LogP) is 3.02. The van der Waals surface area contributed by atoms with Gasteiger partial charge in [0.05, 0.1) is 17.7 Å². The lowest BCUT2D eigenvalue weighted by molar-refractivity contribution is -0.123. The van der Waals surface area contributed by atoms with Crippen LogP contribution in [0.4, 0.5) is 0 Å². The van der Waals surface area contributed by atoms with Crippen molar-refractivity contribution >= 4 is 11.7 Å². The lowest BCUT2D eigenvalue weighted by atomic mass is 10.1. The number of nitrogens with one attached hydrogen (secondary N) is 1. The van der Waals surface area contributed by atoms with Gasteiger partial charge in [-0.05, 0) is 43.7 Å². The average molecular weight is 322 g/mol.